The zero-order valence-corrected chi connectivity index (χ0v) is 14.2. The summed E-state index contributed by atoms with van der Waals surface area (Å²) in [5.41, 5.74) is 1.13. The molecule has 2 aliphatic rings. The molecule has 0 aromatic heterocycles. The van der Waals surface area contributed by atoms with Crippen molar-refractivity contribution in [2.45, 2.75) is 44.4 Å². The number of piperidine rings is 1. The quantitative estimate of drug-likeness (QED) is 0.747. The molecule has 1 atom stereocenters. The standard InChI is InChI=1S/C16H27F3N4O/c1-12(2)9-22-6-3-13(4-7-22)20-15(24)21-14-5-8-23(10-14)11-16(17,18)19/h13-14H,1,3-11H2,2H3,(H2,20,21,24)/t14-/m0/s1. The van der Waals surface area contributed by atoms with Crippen molar-refractivity contribution in [3.05, 3.63) is 12.2 Å². The lowest BCUT2D eigenvalue weighted by atomic mass is 10.0. The van der Waals surface area contributed by atoms with Crippen LogP contribution in [0.5, 0.6) is 0 Å². The van der Waals surface area contributed by atoms with E-state index in [1.165, 1.54) is 4.90 Å². The van der Waals surface area contributed by atoms with E-state index in [4.69, 9.17) is 0 Å². The van der Waals surface area contributed by atoms with Crippen molar-refractivity contribution in [2.75, 3.05) is 39.3 Å². The fourth-order valence-electron chi connectivity index (χ4n) is 3.38. The second-order valence-corrected chi connectivity index (χ2v) is 6.96. The monoisotopic (exact) mass is 348 g/mol. The Hall–Kier alpha value is -1.28. The molecule has 24 heavy (non-hydrogen) atoms. The Bertz CT molecular complexity index is 447. The van der Waals surface area contributed by atoms with Crippen molar-refractivity contribution in [3.8, 4) is 0 Å². The molecule has 0 aromatic carbocycles. The highest BCUT2D eigenvalue weighted by atomic mass is 19.4. The molecule has 2 N–H and O–H groups in total. The molecule has 0 unspecified atom stereocenters. The van der Waals surface area contributed by atoms with Crippen LogP contribution in [-0.4, -0.2) is 73.4 Å². The number of hydrogen-bond donors (Lipinski definition) is 2. The molecule has 2 rings (SSSR count). The summed E-state index contributed by atoms with van der Waals surface area (Å²) < 4.78 is 37.1. The molecule has 5 nitrogen and oxygen atoms in total. The highest BCUT2D eigenvalue weighted by Gasteiger charge is 2.34. The number of nitrogens with zero attached hydrogens (tertiary/aromatic N) is 2. The van der Waals surface area contributed by atoms with Gasteiger partial charge in [0.1, 0.15) is 0 Å². The van der Waals surface area contributed by atoms with Gasteiger partial charge in [-0.15, -0.1) is 0 Å². The molecule has 0 aromatic rings. The van der Waals surface area contributed by atoms with Crippen LogP contribution in [0.1, 0.15) is 26.2 Å². The van der Waals surface area contributed by atoms with E-state index < -0.39 is 12.7 Å². The van der Waals surface area contributed by atoms with Crippen LogP contribution in [0.2, 0.25) is 0 Å². The van der Waals surface area contributed by atoms with Crippen molar-refractivity contribution in [1.82, 2.24) is 20.4 Å². The van der Waals surface area contributed by atoms with Gasteiger partial charge in [-0.2, -0.15) is 13.2 Å². The molecule has 2 amide bonds. The van der Waals surface area contributed by atoms with Gasteiger partial charge in [-0.1, -0.05) is 12.2 Å². The van der Waals surface area contributed by atoms with Crippen molar-refractivity contribution in [2.24, 2.45) is 0 Å². The minimum absolute atomic E-state index is 0.124. The molecule has 2 fully saturated rings. The largest absolute Gasteiger partial charge is 0.401 e. The number of hydrogen-bond acceptors (Lipinski definition) is 3. The molecule has 0 spiro atoms. The predicted molar refractivity (Wildman–Crippen MR) is 86.8 cm³/mol. The Morgan fingerprint density at radius 1 is 1.08 bits per heavy atom. The van der Waals surface area contributed by atoms with Gasteiger partial charge in [-0.25, -0.2) is 4.79 Å². The van der Waals surface area contributed by atoms with E-state index in [0.717, 1.165) is 38.0 Å². The summed E-state index contributed by atoms with van der Waals surface area (Å²) in [4.78, 5) is 15.7. The normalized spacial score (nSPS) is 24.1. The van der Waals surface area contributed by atoms with Gasteiger partial charge in [0, 0.05) is 44.8 Å². The van der Waals surface area contributed by atoms with Gasteiger partial charge >= 0.3 is 12.2 Å². The average molecular weight is 348 g/mol. The maximum atomic E-state index is 12.4. The number of carbonyl (C=O) groups is 1. The van der Waals surface area contributed by atoms with E-state index in [2.05, 4.69) is 22.1 Å². The summed E-state index contributed by atoms with van der Waals surface area (Å²) >= 11 is 0. The second-order valence-electron chi connectivity index (χ2n) is 6.96. The van der Waals surface area contributed by atoms with Crippen LogP contribution in [0.3, 0.4) is 0 Å². The number of halogens is 3. The Labute approximate surface area is 141 Å². The van der Waals surface area contributed by atoms with E-state index in [1.54, 1.807) is 0 Å². The number of amides is 2. The number of rotatable bonds is 5. The van der Waals surface area contributed by atoms with Gasteiger partial charge in [0.2, 0.25) is 0 Å². The zero-order chi connectivity index (χ0) is 17.7. The van der Waals surface area contributed by atoms with Crippen molar-refractivity contribution >= 4 is 6.03 Å². The van der Waals surface area contributed by atoms with Crippen LogP contribution in [-0.2, 0) is 0 Å². The minimum atomic E-state index is -4.19. The number of urea groups is 1. The molecular weight excluding hydrogens is 321 g/mol. The van der Waals surface area contributed by atoms with Crippen LogP contribution >= 0.6 is 0 Å². The molecule has 0 bridgehead atoms. The molecule has 2 heterocycles. The fraction of sp³-hybridized carbons (Fsp3) is 0.812. The van der Waals surface area contributed by atoms with Gasteiger partial charge < -0.3 is 10.6 Å². The lowest BCUT2D eigenvalue weighted by Gasteiger charge is -2.32. The van der Waals surface area contributed by atoms with Crippen LogP contribution in [0.25, 0.3) is 0 Å². The Kier molecular flexibility index (Phi) is 6.51. The maximum Gasteiger partial charge on any atom is 0.401 e. The van der Waals surface area contributed by atoms with Crippen LogP contribution in [0, 0.1) is 0 Å². The second kappa shape index (κ2) is 8.20. The molecular formula is C16H27F3N4O. The third kappa shape index (κ3) is 6.68. The van der Waals surface area contributed by atoms with Crippen LogP contribution < -0.4 is 10.6 Å². The molecule has 2 saturated heterocycles. The van der Waals surface area contributed by atoms with Gasteiger partial charge in [0.05, 0.1) is 6.54 Å². The predicted octanol–water partition coefficient (Wildman–Crippen LogP) is 1.96. The van der Waals surface area contributed by atoms with Gasteiger partial charge in [-0.3, -0.25) is 9.80 Å². The van der Waals surface area contributed by atoms with Gasteiger partial charge in [-0.05, 0) is 26.2 Å². The number of likely N-dealkylation sites (tertiary alicyclic amines) is 2. The molecule has 0 radical (unpaired) electrons. The van der Waals surface area contributed by atoms with Crippen LogP contribution in [0.15, 0.2) is 12.2 Å². The average Bonchev–Trinajstić information content (AvgIpc) is 2.85. The lowest BCUT2D eigenvalue weighted by Crippen LogP contribution is -2.50. The maximum absolute atomic E-state index is 12.4. The first-order valence-corrected chi connectivity index (χ1v) is 8.44. The summed E-state index contributed by atoms with van der Waals surface area (Å²) in [5.74, 6) is 0. The zero-order valence-electron chi connectivity index (χ0n) is 14.2. The number of carbonyl (C=O) groups excluding carboxylic acids is 1. The molecule has 0 saturated carbocycles. The first-order chi connectivity index (χ1) is 11.2. The van der Waals surface area contributed by atoms with Crippen molar-refractivity contribution in [1.29, 1.82) is 0 Å². The van der Waals surface area contributed by atoms with E-state index in [-0.39, 0.29) is 24.7 Å². The summed E-state index contributed by atoms with van der Waals surface area (Å²) in [7, 11) is 0. The third-order valence-electron chi connectivity index (χ3n) is 4.43. The topological polar surface area (TPSA) is 47.6 Å². The number of nitrogens with one attached hydrogen (secondary N) is 2. The Morgan fingerprint density at radius 2 is 1.62 bits per heavy atom. The smallest absolute Gasteiger partial charge is 0.335 e. The van der Waals surface area contributed by atoms with E-state index >= 15 is 0 Å². The molecule has 8 heteroatoms. The summed E-state index contributed by atoms with van der Waals surface area (Å²) in [5, 5.41) is 5.74. The Balaban J connectivity index is 1.65. The first kappa shape index (κ1) is 19.1. The van der Waals surface area contributed by atoms with Gasteiger partial charge in [0.15, 0.2) is 0 Å². The molecule has 0 aliphatic carbocycles. The summed E-state index contributed by atoms with van der Waals surface area (Å²) in [6, 6.07) is -0.359. The lowest BCUT2D eigenvalue weighted by molar-refractivity contribution is -0.143. The molecule has 138 valence electrons. The van der Waals surface area contributed by atoms with Crippen molar-refractivity contribution in [3.63, 3.8) is 0 Å². The first-order valence-electron chi connectivity index (χ1n) is 8.44. The highest BCUT2D eigenvalue weighted by molar-refractivity contribution is 5.74. The Morgan fingerprint density at radius 3 is 2.21 bits per heavy atom. The van der Waals surface area contributed by atoms with E-state index in [9.17, 15) is 18.0 Å². The third-order valence-corrected chi connectivity index (χ3v) is 4.43. The number of alkyl halides is 3. The SMILES string of the molecule is C=C(C)CN1CCC(NC(=O)N[C@H]2CCN(CC(F)(F)F)C2)CC1. The summed E-state index contributed by atoms with van der Waals surface area (Å²) in [6.45, 7) is 8.34. The highest BCUT2D eigenvalue weighted by Crippen LogP contribution is 2.20. The van der Waals surface area contributed by atoms with E-state index in [0.29, 0.717) is 13.0 Å². The van der Waals surface area contributed by atoms with Crippen LogP contribution in [0.4, 0.5) is 18.0 Å². The minimum Gasteiger partial charge on any atom is -0.335 e. The van der Waals surface area contributed by atoms with Crippen molar-refractivity contribution < 1.29 is 18.0 Å². The van der Waals surface area contributed by atoms with Gasteiger partial charge in [0.25, 0.3) is 0 Å². The summed E-state index contributed by atoms with van der Waals surface area (Å²) in [6.07, 6.45) is -1.87. The van der Waals surface area contributed by atoms with E-state index in [1.807, 2.05) is 6.92 Å². The fourth-order valence-corrected chi connectivity index (χ4v) is 3.38. The molecule has 2 aliphatic heterocycles.